The molecular weight excluding hydrogens is 248 g/mol. The zero-order valence-corrected chi connectivity index (χ0v) is 11.1. The summed E-state index contributed by atoms with van der Waals surface area (Å²) in [7, 11) is 0. The summed E-state index contributed by atoms with van der Waals surface area (Å²) in [6.45, 7) is 2.56. The highest BCUT2D eigenvalue weighted by molar-refractivity contribution is 5.77. The van der Waals surface area contributed by atoms with Gasteiger partial charge in [-0.05, 0) is 18.6 Å². The van der Waals surface area contributed by atoms with Crippen molar-refractivity contribution in [1.29, 1.82) is 0 Å². The number of ether oxygens (including phenoxy) is 1. The van der Waals surface area contributed by atoms with Crippen molar-refractivity contribution in [3.05, 3.63) is 28.7 Å². The van der Waals surface area contributed by atoms with E-state index in [4.69, 9.17) is 9.84 Å². The summed E-state index contributed by atoms with van der Waals surface area (Å²) in [6, 6.07) is 3.15. The van der Waals surface area contributed by atoms with Gasteiger partial charge in [0.25, 0.3) is 11.5 Å². The highest BCUT2D eigenvalue weighted by Gasteiger charge is 2.06. The molecule has 0 spiro atoms. The molecule has 0 atom stereocenters. The van der Waals surface area contributed by atoms with Gasteiger partial charge in [0.1, 0.15) is 0 Å². The van der Waals surface area contributed by atoms with Crippen molar-refractivity contribution in [3.8, 4) is 5.75 Å². The molecule has 1 aromatic rings. The molecule has 1 heterocycles. The van der Waals surface area contributed by atoms with Gasteiger partial charge in [-0.25, -0.2) is 0 Å². The predicted octanol–water partition coefficient (Wildman–Crippen LogP) is 0.136. The van der Waals surface area contributed by atoms with Gasteiger partial charge >= 0.3 is 0 Å². The molecule has 106 valence electrons. The summed E-state index contributed by atoms with van der Waals surface area (Å²) in [5.74, 6) is -0.132. The molecule has 0 aliphatic rings. The summed E-state index contributed by atoms with van der Waals surface area (Å²) in [6.07, 6.45) is 3.48. The third kappa shape index (κ3) is 5.13. The maximum Gasteiger partial charge on any atom is 0.292 e. The lowest BCUT2D eigenvalue weighted by Crippen LogP contribution is -2.31. The van der Waals surface area contributed by atoms with Gasteiger partial charge in [0.2, 0.25) is 0 Å². The van der Waals surface area contributed by atoms with Gasteiger partial charge in [0.15, 0.2) is 12.4 Å². The van der Waals surface area contributed by atoms with Crippen LogP contribution in [0.3, 0.4) is 0 Å². The number of aromatic nitrogens is 1. The highest BCUT2D eigenvalue weighted by atomic mass is 16.5. The lowest BCUT2D eigenvalue weighted by atomic mass is 10.3. The third-order valence-corrected chi connectivity index (χ3v) is 2.54. The van der Waals surface area contributed by atoms with Crippen molar-refractivity contribution in [2.75, 3.05) is 19.8 Å². The van der Waals surface area contributed by atoms with E-state index < -0.39 is 0 Å². The molecule has 0 unspecified atom stereocenters. The molecule has 0 aromatic carbocycles. The number of pyridine rings is 1. The van der Waals surface area contributed by atoms with Crippen LogP contribution in [0.15, 0.2) is 23.1 Å². The van der Waals surface area contributed by atoms with E-state index in [1.165, 1.54) is 10.6 Å². The van der Waals surface area contributed by atoms with E-state index in [2.05, 4.69) is 5.32 Å². The number of unbranched alkanes of at least 4 members (excludes halogenated alkanes) is 1. The number of hydrogen-bond acceptors (Lipinski definition) is 4. The second kappa shape index (κ2) is 8.31. The smallest absolute Gasteiger partial charge is 0.292 e. The Hall–Kier alpha value is -1.82. The number of carbonyl (C=O) groups excluding carboxylic acids is 1. The van der Waals surface area contributed by atoms with Gasteiger partial charge in [-0.3, -0.25) is 9.59 Å². The lowest BCUT2D eigenvalue weighted by molar-refractivity contribution is -0.123. The SMILES string of the molecule is CCCCNC(=O)COc1cccn(CCO)c1=O. The first kappa shape index (κ1) is 15.2. The molecule has 0 fully saturated rings. The van der Waals surface area contributed by atoms with Gasteiger partial charge in [0.05, 0.1) is 6.61 Å². The van der Waals surface area contributed by atoms with Crippen LogP contribution in [-0.4, -0.2) is 35.3 Å². The average molecular weight is 268 g/mol. The Labute approximate surface area is 112 Å². The van der Waals surface area contributed by atoms with E-state index in [0.29, 0.717) is 6.54 Å². The summed E-state index contributed by atoms with van der Waals surface area (Å²) < 4.78 is 6.53. The van der Waals surface area contributed by atoms with Gasteiger partial charge in [-0.2, -0.15) is 0 Å². The Morgan fingerprint density at radius 1 is 1.53 bits per heavy atom. The van der Waals surface area contributed by atoms with Crippen molar-refractivity contribution in [1.82, 2.24) is 9.88 Å². The average Bonchev–Trinajstić information content (AvgIpc) is 2.40. The number of aliphatic hydroxyl groups is 1. The Morgan fingerprint density at radius 2 is 2.32 bits per heavy atom. The molecule has 0 radical (unpaired) electrons. The van der Waals surface area contributed by atoms with E-state index in [1.807, 2.05) is 6.92 Å². The van der Waals surface area contributed by atoms with Crippen LogP contribution in [0.2, 0.25) is 0 Å². The fourth-order valence-electron chi connectivity index (χ4n) is 1.51. The Morgan fingerprint density at radius 3 is 3.00 bits per heavy atom. The van der Waals surface area contributed by atoms with Crippen LogP contribution in [0.5, 0.6) is 5.75 Å². The maximum absolute atomic E-state index is 11.8. The molecular formula is C13H20N2O4. The standard InChI is InChI=1S/C13H20N2O4/c1-2-3-6-14-12(17)10-19-11-5-4-7-15(8-9-16)13(11)18/h4-5,7,16H,2-3,6,8-10H2,1H3,(H,14,17). The quantitative estimate of drug-likeness (QED) is 0.657. The molecule has 1 aromatic heterocycles. The third-order valence-electron chi connectivity index (χ3n) is 2.54. The summed E-state index contributed by atoms with van der Waals surface area (Å²) in [5.41, 5.74) is -0.349. The molecule has 6 nitrogen and oxygen atoms in total. The van der Waals surface area contributed by atoms with Crippen molar-refractivity contribution < 1.29 is 14.6 Å². The zero-order valence-electron chi connectivity index (χ0n) is 11.1. The first-order valence-electron chi connectivity index (χ1n) is 6.38. The van der Waals surface area contributed by atoms with Crippen molar-refractivity contribution >= 4 is 5.91 Å². The molecule has 0 saturated heterocycles. The number of aliphatic hydroxyl groups excluding tert-OH is 1. The largest absolute Gasteiger partial charge is 0.478 e. The van der Waals surface area contributed by atoms with Crippen LogP contribution >= 0.6 is 0 Å². The monoisotopic (exact) mass is 268 g/mol. The molecule has 1 rings (SSSR count). The fourth-order valence-corrected chi connectivity index (χ4v) is 1.51. The van der Waals surface area contributed by atoms with Crippen LogP contribution in [-0.2, 0) is 11.3 Å². The first-order valence-corrected chi connectivity index (χ1v) is 6.38. The molecule has 2 N–H and O–H groups in total. The Bertz CT molecular complexity index is 456. The van der Waals surface area contributed by atoms with Gasteiger partial charge in [-0.1, -0.05) is 13.3 Å². The van der Waals surface area contributed by atoms with E-state index >= 15 is 0 Å². The minimum absolute atomic E-state index is 0.113. The Kier molecular flexibility index (Phi) is 6.67. The van der Waals surface area contributed by atoms with Crippen LogP contribution in [0.25, 0.3) is 0 Å². The van der Waals surface area contributed by atoms with Crippen LogP contribution < -0.4 is 15.6 Å². The predicted molar refractivity (Wildman–Crippen MR) is 71.2 cm³/mol. The van der Waals surface area contributed by atoms with Crippen molar-refractivity contribution in [3.63, 3.8) is 0 Å². The minimum Gasteiger partial charge on any atom is -0.478 e. The number of carbonyl (C=O) groups is 1. The molecule has 0 aliphatic heterocycles. The molecule has 0 saturated carbocycles. The molecule has 6 heteroatoms. The van der Waals surface area contributed by atoms with Crippen molar-refractivity contribution in [2.45, 2.75) is 26.3 Å². The molecule has 19 heavy (non-hydrogen) atoms. The number of nitrogens with one attached hydrogen (secondary N) is 1. The van der Waals surface area contributed by atoms with Crippen LogP contribution in [0.1, 0.15) is 19.8 Å². The summed E-state index contributed by atoms with van der Waals surface area (Å²) >= 11 is 0. The zero-order chi connectivity index (χ0) is 14.1. The first-order chi connectivity index (χ1) is 9.19. The number of rotatable bonds is 8. The molecule has 0 bridgehead atoms. The summed E-state index contributed by atoms with van der Waals surface area (Å²) in [5, 5.41) is 11.5. The summed E-state index contributed by atoms with van der Waals surface area (Å²) in [4.78, 5) is 23.3. The van der Waals surface area contributed by atoms with Gasteiger partial charge in [0, 0.05) is 19.3 Å². The maximum atomic E-state index is 11.8. The van der Waals surface area contributed by atoms with Crippen molar-refractivity contribution in [2.24, 2.45) is 0 Å². The second-order valence-corrected chi connectivity index (χ2v) is 4.09. The second-order valence-electron chi connectivity index (χ2n) is 4.09. The number of hydrogen-bond donors (Lipinski definition) is 2. The van der Waals surface area contributed by atoms with E-state index in [-0.39, 0.29) is 37.0 Å². The van der Waals surface area contributed by atoms with E-state index in [1.54, 1.807) is 12.3 Å². The van der Waals surface area contributed by atoms with Gasteiger partial charge in [-0.15, -0.1) is 0 Å². The van der Waals surface area contributed by atoms with Crippen LogP contribution in [0.4, 0.5) is 0 Å². The molecule has 1 amide bonds. The number of amides is 1. The van der Waals surface area contributed by atoms with Gasteiger partial charge < -0.3 is 19.7 Å². The topological polar surface area (TPSA) is 80.6 Å². The number of nitrogens with zero attached hydrogens (tertiary/aromatic N) is 1. The lowest BCUT2D eigenvalue weighted by Gasteiger charge is -2.08. The van der Waals surface area contributed by atoms with E-state index in [9.17, 15) is 9.59 Å². The normalized spacial score (nSPS) is 10.2. The van der Waals surface area contributed by atoms with Crippen LogP contribution in [0, 0.1) is 0 Å². The van der Waals surface area contributed by atoms with E-state index in [0.717, 1.165) is 12.8 Å². The highest BCUT2D eigenvalue weighted by Crippen LogP contribution is 2.01. The molecule has 0 aliphatic carbocycles. The Balaban J connectivity index is 2.51. The fraction of sp³-hybridized carbons (Fsp3) is 0.538. The minimum atomic E-state index is -0.349.